The highest BCUT2D eigenvalue weighted by Crippen LogP contribution is 2.28. The van der Waals surface area contributed by atoms with Gasteiger partial charge in [-0.05, 0) is 59.6 Å². The van der Waals surface area contributed by atoms with Gasteiger partial charge >= 0.3 is 0 Å². The SMILES string of the molecule is O=S(=O)(NCC(c1ccccc1)N1CCCC1)c1ccc(Br)s1. The van der Waals surface area contributed by atoms with Gasteiger partial charge in [0, 0.05) is 12.6 Å². The maximum atomic E-state index is 12.5. The molecule has 7 heteroatoms. The fraction of sp³-hybridized carbons (Fsp3) is 0.375. The Bertz CT molecular complexity index is 740. The van der Waals surface area contributed by atoms with E-state index in [-0.39, 0.29) is 6.04 Å². The van der Waals surface area contributed by atoms with Crippen molar-refractivity contribution in [1.29, 1.82) is 0 Å². The van der Waals surface area contributed by atoms with Gasteiger partial charge in [-0.25, -0.2) is 13.1 Å². The second-order valence-electron chi connectivity index (χ2n) is 5.58. The topological polar surface area (TPSA) is 49.4 Å². The summed E-state index contributed by atoms with van der Waals surface area (Å²) in [6.07, 6.45) is 2.35. The summed E-state index contributed by atoms with van der Waals surface area (Å²) in [6.45, 7) is 2.43. The number of benzene rings is 1. The molecule has 1 unspecified atom stereocenters. The van der Waals surface area contributed by atoms with Crippen molar-refractivity contribution in [2.45, 2.75) is 23.1 Å². The third kappa shape index (κ3) is 4.22. The monoisotopic (exact) mass is 414 g/mol. The Kier molecular flexibility index (Phi) is 5.53. The summed E-state index contributed by atoms with van der Waals surface area (Å²) < 4.78 is 28.9. The van der Waals surface area contributed by atoms with Crippen molar-refractivity contribution >= 4 is 37.3 Å². The van der Waals surface area contributed by atoms with Gasteiger partial charge in [-0.1, -0.05) is 30.3 Å². The number of halogens is 1. The highest BCUT2D eigenvalue weighted by Gasteiger charge is 2.26. The molecule has 1 aromatic heterocycles. The van der Waals surface area contributed by atoms with Gasteiger partial charge < -0.3 is 0 Å². The van der Waals surface area contributed by atoms with Crippen LogP contribution in [-0.4, -0.2) is 33.0 Å². The molecule has 1 aliphatic heterocycles. The second kappa shape index (κ2) is 7.44. The summed E-state index contributed by atoms with van der Waals surface area (Å²) in [7, 11) is -3.46. The van der Waals surface area contributed by atoms with Gasteiger partial charge in [0.2, 0.25) is 10.0 Å². The number of likely N-dealkylation sites (tertiary alicyclic amines) is 1. The van der Waals surface area contributed by atoms with Crippen molar-refractivity contribution in [3.63, 3.8) is 0 Å². The summed E-state index contributed by atoms with van der Waals surface area (Å²) in [5.41, 5.74) is 1.16. The lowest BCUT2D eigenvalue weighted by molar-refractivity contribution is 0.246. The fourth-order valence-electron chi connectivity index (χ4n) is 2.89. The number of sulfonamides is 1. The zero-order valence-corrected chi connectivity index (χ0v) is 15.8. The molecule has 1 aliphatic rings. The molecule has 0 saturated carbocycles. The highest BCUT2D eigenvalue weighted by molar-refractivity contribution is 9.11. The molecule has 0 bridgehead atoms. The molecule has 0 aliphatic carbocycles. The summed E-state index contributed by atoms with van der Waals surface area (Å²) in [6, 6.07) is 13.6. The zero-order valence-electron chi connectivity index (χ0n) is 12.6. The van der Waals surface area contributed by atoms with E-state index in [9.17, 15) is 8.42 Å². The molecule has 2 aromatic rings. The summed E-state index contributed by atoms with van der Waals surface area (Å²) >= 11 is 4.54. The van der Waals surface area contributed by atoms with Crippen LogP contribution in [0.3, 0.4) is 0 Å². The third-order valence-electron chi connectivity index (χ3n) is 4.05. The van der Waals surface area contributed by atoms with Crippen LogP contribution in [0.1, 0.15) is 24.4 Å². The largest absolute Gasteiger partial charge is 0.295 e. The van der Waals surface area contributed by atoms with Crippen molar-refractivity contribution in [2.75, 3.05) is 19.6 Å². The van der Waals surface area contributed by atoms with E-state index in [1.165, 1.54) is 24.2 Å². The normalized spacial score (nSPS) is 17.4. The van der Waals surface area contributed by atoms with E-state index in [1.807, 2.05) is 18.2 Å². The molecular weight excluding hydrogens is 396 g/mol. The minimum atomic E-state index is -3.46. The minimum absolute atomic E-state index is 0.0804. The quantitative estimate of drug-likeness (QED) is 0.784. The number of hydrogen-bond donors (Lipinski definition) is 1. The molecule has 2 heterocycles. The third-order valence-corrected chi connectivity index (χ3v) is 7.58. The first-order valence-electron chi connectivity index (χ1n) is 7.60. The Hall–Kier alpha value is -0.730. The molecule has 3 rings (SSSR count). The Labute approximate surface area is 149 Å². The molecule has 23 heavy (non-hydrogen) atoms. The Balaban J connectivity index is 1.76. The van der Waals surface area contributed by atoms with Gasteiger partial charge in [0.1, 0.15) is 4.21 Å². The van der Waals surface area contributed by atoms with Gasteiger partial charge in [-0.15, -0.1) is 11.3 Å². The van der Waals surface area contributed by atoms with Crippen molar-refractivity contribution in [3.05, 3.63) is 51.8 Å². The summed E-state index contributed by atoms with van der Waals surface area (Å²) in [5.74, 6) is 0. The molecule has 1 atom stereocenters. The first-order chi connectivity index (χ1) is 11.1. The van der Waals surface area contributed by atoms with Crippen LogP contribution in [0, 0.1) is 0 Å². The van der Waals surface area contributed by atoms with E-state index in [0.29, 0.717) is 10.8 Å². The van der Waals surface area contributed by atoms with Crippen LogP contribution in [0.4, 0.5) is 0 Å². The van der Waals surface area contributed by atoms with Crippen LogP contribution in [0.15, 0.2) is 50.5 Å². The van der Waals surface area contributed by atoms with Crippen LogP contribution in [0.5, 0.6) is 0 Å². The first kappa shape index (κ1) is 17.1. The van der Waals surface area contributed by atoms with Gasteiger partial charge in [-0.3, -0.25) is 4.90 Å². The van der Waals surface area contributed by atoms with Gasteiger partial charge in [0.25, 0.3) is 0 Å². The number of hydrogen-bond acceptors (Lipinski definition) is 4. The minimum Gasteiger partial charge on any atom is -0.295 e. The van der Waals surface area contributed by atoms with E-state index in [0.717, 1.165) is 22.4 Å². The number of thiophene rings is 1. The van der Waals surface area contributed by atoms with E-state index in [1.54, 1.807) is 12.1 Å². The number of nitrogens with one attached hydrogen (secondary N) is 1. The first-order valence-corrected chi connectivity index (χ1v) is 10.7. The molecule has 124 valence electrons. The van der Waals surface area contributed by atoms with Gasteiger partial charge in [0.05, 0.1) is 3.79 Å². The summed E-state index contributed by atoms with van der Waals surface area (Å²) in [5, 5.41) is 0. The lowest BCUT2D eigenvalue weighted by Gasteiger charge is -2.28. The van der Waals surface area contributed by atoms with E-state index in [4.69, 9.17) is 0 Å². The lowest BCUT2D eigenvalue weighted by atomic mass is 10.1. The molecular formula is C16H19BrN2O2S2. The molecule has 1 N–H and O–H groups in total. The van der Waals surface area contributed by atoms with Crippen LogP contribution >= 0.6 is 27.3 Å². The van der Waals surface area contributed by atoms with Crippen molar-refractivity contribution in [2.24, 2.45) is 0 Å². The van der Waals surface area contributed by atoms with Crippen LogP contribution in [0.2, 0.25) is 0 Å². The van der Waals surface area contributed by atoms with Crippen LogP contribution < -0.4 is 4.72 Å². The molecule has 0 amide bonds. The predicted octanol–water partition coefficient (Wildman–Crippen LogP) is 3.63. The van der Waals surface area contributed by atoms with Crippen LogP contribution in [0.25, 0.3) is 0 Å². The van der Waals surface area contributed by atoms with E-state index < -0.39 is 10.0 Å². The lowest BCUT2D eigenvalue weighted by Crippen LogP contribution is -2.36. The standard InChI is InChI=1S/C16H19BrN2O2S2/c17-15-8-9-16(22-15)23(20,21)18-12-14(19-10-4-5-11-19)13-6-2-1-3-7-13/h1-3,6-9,14,18H,4-5,10-12H2. The van der Waals surface area contributed by atoms with Gasteiger partial charge in [-0.2, -0.15) is 0 Å². The molecule has 1 fully saturated rings. The number of nitrogens with zero attached hydrogens (tertiary/aromatic N) is 1. The molecule has 0 radical (unpaired) electrons. The molecule has 4 nitrogen and oxygen atoms in total. The Morgan fingerprint density at radius 3 is 2.43 bits per heavy atom. The Morgan fingerprint density at radius 2 is 1.83 bits per heavy atom. The maximum Gasteiger partial charge on any atom is 0.250 e. The van der Waals surface area contributed by atoms with Gasteiger partial charge in [0.15, 0.2) is 0 Å². The van der Waals surface area contributed by atoms with Crippen molar-refractivity contribution in [3.8, 4) is 0 Å². The maximum absolute atomic E-state index is 12.5. The number of rotatable bonds is 6. The molecule has 0 spiro atoms. The van der Waals surface area contributed by atoms with Crippen molar-refractivity contribution in [1.82, 2.24) is 9.62 Å². The Morgan fingerprint density at radius 1 is 1.13 bits per heavy atom. The highest BCUT2D eigenvalue weighted by atomic mass is 79.9. The second-order valence-corrected chi connectivity index (χ2v) is 10.0. The molecule has 1 saturated heterocycles. The van der Waals surface area contributed by atoms with E-state index >= 15 is 0 Å². The van der Waals surface area contributed by atoms with E-state index in [2.05, 4.69) is 37.7 Å². The zero-order chi connectivity index (χ0) is 16.3. The fourth-order valence-corrected chi connectivity index (χ4v) is 5.98. The average molecular weight is 415 g/mol. The predicted molar refractivity (Wildman–Crippen MR) is 97.2 cm³/mol. The average Bonchev–Trinajstić information content (AvgIpc) is 3.20. The molecule has 1 aromatic carbocycles. The summed E-state index contributed by atoms with van der Waals surface area (Å²) in [4.78, 5) is 2.36. The van der Waals surface area contributed by atoms with Crippen molar-refractivity contribution < 1.29 is 8.42 Å². The van der Waals surface area contributed by atoms with Crippen LogP contribution in [-0.2, 0) is 10.0 Å². The smallest absolute Gasteiger partial charge is 0.250 e.